The monoisotopic (exact) mass is 444 g/mol. The molecule has 0 fully saturated rings. The number of rotatable bonds is 7. The van der Waals surface area contributed by atoms with Crippen molar-refractivity contribution in [3.05, 3.63) is 88.9 Å². The second kappa shape index (κ2) is 9.30. The van der Waals surface area contributed by atoms with E-state index in [1.165, 1.54) is 25.3 Å². The molecule has 0 saturated heterocycles. The summed E-state index contributed by atoms with van der Waals surface area (Å²) in [6, 6.07) is 19.5. The van der Waals surface area contributed by atoms with E-state index in [0.717, 1.165) is 5.56 Å². The Bertz CT molecular complexity index is 1130. The Labute approximate surface area is 180 Å². The van der Waals surface area contributed by atoms with Crippen molar-refractivity contribution in [2.24, 2.45) is 0 Å². The van der Waals surface area contributed by atoms with Crippen LogP contribution in [0.2, 0.25) is 5.02 Å². The van der Waals surface area contributed by atoms with E-state index >= 15 is 0 Å². The fraction of sp³-hybridized carbons (Fsp3) is 0.136. The molecule has 3 aromatic rings. The van der Waals surface area contributed by atoms with Crippen molar-refractivity contribution in [2.75, 3.05) is 12.4 Å². The lowest BCUT2D eigenvalue weighted by Crippen LogP contribution is -2.27. The summed E-state index contributed by atoms with van der Waals surface area (Å²) >= 11 is 5.86. The molecule has 30 heavy (non-hydrogen) atoms. The lowest BCUT2D eigenvalue weighted by atomic mass is 10.1. The fourth-order valence-corrected chi connectivity index (χ4v) is 4.24. The minimum absolute atomic E-state index is 0.0116. The predicted octanol–water partition coefficient (Wildman–Crippen LogP) is 4.64. The highest BCUT2D eigenvalue weighted by atomic mass is 35.5. The lowest BCUT2D eigenvalue weighted by Gasteiger charge is -2.16. The summed E-state index contributed by atoms with van der Waals surface area (Å²) in [7, 11) is -2.39. The summed E-state index contributed by atoms with van der Waals surface area (Å²) in [4.78, 5) is 12.6. The van der Waals surface area contributed by atoms with E-state index in [2.05, 4.69) is 10.0 Å². The number of amides is 1. The molecule has 3 aromatic carbocycles. The molecule has 1 amide bonds. The van der Waals surface area contributed by atoms with Gasteiger partial charge in [0.25, 0.3) is 5.91 Å². The van der Waals surface area contributed by atoms with E-state index in [1.807, 2.05) is 30.3 Å². The van der Waals surface area contributed by atoms with Crippen LogP contribution in [0.1, 0.15) is 28.9 Å². The van der Waals surface area contributed by atoms with Crippen LogP contribution in [0.5, 0.6) is 5.75 Å². The number of sulfonamides is 1. The van der Waals surface area contributed by atoms with Gasteiger partial charge in [0.05, 0.1) is 17.7 Å². The van der Waals surface area contributed by atoms with Crippen molar-refractivity contribution in [1.29, 1.82) is 0 Å². The first-order valence-electron chi connectivity index (χ1n) is 9.12. The molecule has 8 heteroatoms. The third-order valence-corrected chi connectivity index (χ3v) is 6.26. The Hall–Kier alpha value is -2.87. The normalized spacial score (nSPS) is 12.2. The second-order valence-corrected chi connectivity index (χ2v) is 8.73. The number of carbonyl (C=O) groups is 1. The summed E-state index contributed by atoms with van der Waals surface area (Å²) in [6.07, 6.45) is 0. The standard InChI is InChI=1S/C22H21ClN2O4S/c1-15(16-6-4-3-5-7-16)25-30(27,28)19-12-13-21(29-2)20(14-19)24-22(26)17-8-10-18(23)11-9-17/h3-15,25H,1-2H3,(H,24,26)/t15-/m0/s1. The zero-order chi connectivity index (χ0) is 21.7. The molecule has 0 aromatic heterocycles. The zero-order valence-electron chi connectivity index (χ0n) is 16.4. The van der Waals surface area contributed by atoms with Crippen LogP contribution in [0, 0.1) is 0 Å². The second-order valence-electron chi connectivity index (χ2n) is 6.58. The minimum atomic E-state index is -3.84. The molecule has 0 spiro atoms. The van der Waals surface area contributed by atoms with Crippen LogP contribution in [0.25, 0.3) is 0 Å². The average molecular weight is 445 g/mol. The smallest absolute Gasteiger partial charge is 0.255 e. The largest absolute Gasteiger partial charge is 0.495 e. The Balaban J connectivity index is 1.85. The average Bonchev–Trinajstić information content (AvgIpc) is 2.74. The van der Waals surface area contributed by atoms with Gasteiger partial charge >= 0.3 is 0 Å². The van der Waals surface area contributed by atoms with Crippen LogP contribution in [0.3, 0.4) is 0 Å². The van der Waals surface area contributed by atoms with Gasteiger partial charge in [0, 0.05) is 16.6 Å². The molecule has 0 saturated carbocycles. The van der Waals surface area contributed by atoms with E-state index in [9.17, 15) is 13.2 Å². The van der Waals surface area contributed by atoms with Gasteiger partial charge in [-0.25, -0.2) is 13.1 Å². The van der Waals surface area contributed by atoms with Crippen molar-refractivity contribution < 1.29 is 17.9 Å². The third kappa shape index (κ3) is 5.18. The molecular formula is C22H21ClN2O4S. The van der Waals surface area contributed by atoms with E-state index < -0.39 is 22.0 Å². The van der Waals surface area contributed by atoms with Crippen molar-refractivity contribution in [1.82, 2.24) is 4.72 Å². The summed E-state index contributed by atoms with van der Waals surface area (Å²) in [5.74, 6) is -0.0718. The van der Waals surface area contributed by atoms with Crippen LogP contribution in [0.4, 0.5) is 5.69 Å². The SMILES string of the molecule is COc1ccc(S(=O)(=O)N[C@@H](C)c2ccccc2)cc1NC(=O)c1ccc(Cl)cc1. The van der Waals surface area contributed by atoms with Gasteiger partial charge in [0.2, 0.25) is 10.0 Å². The molecule has 0 aliphatic heterocycles. The Morgan fingerprint density at radius 3 is 2.30 bits per heavy atom. The van der Waals surface area contributed by atoms with Gasteiger partial charge in [-0.2, -0.15) is 0 Å². The molecule has 3 rings (SSSR count). The summed E-state index contributed by atoms with van der Waals surface area (Å²) in [5.41, 5.74) is 1.46. The van der Waals surface area contributed by atoms with Gasteiger partial charge in [-0.05, 0) is 55.0 Å². The Kier molecular flexibility index (Phi) is 6.77. The van der Waals surface area contributed by atoms with E-state index in [-0.39, 0.29) is 10.6 Å². The minimum Gasteiger partial charge on any atom is -0.495 e. The van der Waals surface area contributed by atoms with Gasteiger partial charge in [-0.3, -0.25) is 4.79 Å². The molecule has 156 valence electrons. The number of halogens is 1. The molecule has 0 aliphatic carbocycles. The van der Waals surface area contributed by atoms with E-state index in [1.54, 1.807) is 31.2 Å². The molecule has 1 atom stereocenters. The summed E-state index contributed by atoms with van der Waals surface area (Å²) < 4.78 is 33.7. The molecular weight excluding hydrogens is 424 g/mol. The molecule has 0 unspecified atom stereocenters. The number of benzene rings is 3. The number of hydrogen-bond acceptors (Lipinski definition) is 4. The highest BCUT2D eigenvalue weighted by Crippen LogP contribution is 2.29. The van der Waals surface area contributed by atoms with Crippen molar-refractivity contribution in [3.63, 3.8) is 0 Å². The Morgan fingerprint density at radius 2 is 1.67 bits per heavy atom. The van der Waals surface area contributed by atoms with Crippen molar-refractivity contribution in [3.8, 4) is 5.75 Å². The first-order valence-corrected chi connectivity index (χ1v) is 11.0. The topological polar surface area (TPSA) is 84.5 Å². The maximum atomic E-state index is 12.9. The van der Waals surface area contributed by atoms with Crippen LogP contribution in [-0.4, -0.2) is 21.4 Å². The number of methoxy groups -OCH3 is 1. The maximum Gasteiger partial charge on any atom is 0.255 e. The van der Waals surface area contributed by atoms with Gasteiger partial charge in [-0.1, -0.05) is 41.9 Å². The zero-order valence-corrected chi connectivity index (χ0v) is 18.0. The number of hydrogen-bond donors (Lipinski definition) is 2. The van der Waals surface area contributed by atoms with Gasteiger partial charge in [0.1, 0.15) is 5.75 Å². The highest BCUT2D eigenvalue weighted by Gasteiger charge is 2.21. The first kappa shape index (κ1) is 21.8. The molecule has 0 heterocycles. The number of carbonyl (C=O) groups excluding carboxylic acids is 1. The predicted molar refractivity (Wildman–Crippen MR) is 118 cm³/mol. The van der Waals surface area contributed by atoms with Crippen LogP contribution in [-0.2, 0) is 10.0 Å². The summed E-state index contributed by atoms with van der Waals surface area (Å²) in [6.45, 7) is 1.76. The highest BCUT2D eigenvalue weighted by molar-refractivity contribution is 7.89. The first-order chi connectivity index (χ1) is 14.3. The van der Waals surface area contributed by atoms with E-state index in [0.29, 0.717) is 16.3 Å². The number of ether oxygens (including phenoxy) is 1. The molecule has 0 bridgehead atoms. The van der Waals surface area contributed by atoms with Gasteiger partial charge < -0.3 is 10.1 Å². The van der Waals surface area contributed by atoms with Crippen LogP contribution in [0.15, 0.2) is 77.7 Å². The number of anilines is 1. The van der Waals surface area contributed by atoms with Crippen molar-refractivity contribution in [2.45, 2.75) is 17.9 Å². The maximum absolute atomic E-state index is 12.9. The Morgan fingerprint density at radius 1 is 1.00 bits per heavy atom. The lowest BCUT2D eigenvalue weighted by molar-refractivity contribution is 0.102. The van der Waals surface area contributed by atoms with Gasteiger partial charge in [0.15, 0.2) is 0 Å². The van der Waals surface area contributed by atoms with Crippen LogP contribution >= 0.6 is 11.6 Å². The summed E-state index contributed by atoms with van der Waals surface area (Å²) in [5, 5.41) is 3.21. The number of nitrogens with one attached hydrogen (secondary N) is 2. The quantitative estimate of drug-likeness (QED) is 0.556. The van der Waals surface area contributed by atoms with Gasteiger partial charge in [-0.15, -0.1) is 0 Å². The van der Waals surface area contributed by atoms with E-state index in [4.69, 9.17) is 16.3 Å². The fourth-order valence-electron chi connectivity index (χ4n) is 2.86. The third-order valence-electron chi connectivity index (χ3n) is 4.47. The molecule has 6 nitrogen and oxygen atoms in total. The molecule has 0 radical (unpaired) electrons. The molecule has 2 N–H and O–H groups in total. The van der Waals surface area contributed by atoms with Crippen molar-refractivity contribution >= 4 is 33.2 Å². The molecule has 0 aliphatic rings. The van der Waals surface area contributed by atoms with Crippen LogP contribution < -0.4 is 14.8 Å².